The van der Waals surface area contributed by atoms with Crippen LogP contribution in [0.15, 0.2) is 48.5 Å². The second kappa shape index (κ2) is 7.77. The third-order valence-electron chi connectivity index (χ3n) is 5.44. The number of ether oxygens (including phenoxy) is 1. The molecule has 0 bridgehead atoms. The first-order valence-electron chi connectivity index (χ1n) is 9.24. The van der Waals surface area contributed by atoms with Gasteiger partial charge < -0.3 is 9.64 Å². The van der Waals surface area contributed by atoms with E-state index in [4.69, 9.17) is 16.3 Å². The van der Waals surface area contributed by atoms with Gasteiger partial charge in [-0.05, 0) is 32.1 Å². The number of anilines is 1. The van der Waals surface area contributed by atoms with Crippen LogP contribution in [0.3, 0.4) is 0 Å². The molecule has 0 saturated carbocycles. The number of nitrogens with zero attached hydrogens (tertiary/aromatic N) is 2. The first kappa shape index (κ1) is 19.5. The number of fused-ring (bicyclic) bond motifs is 1. The monoisotopic (exact) mass is 383 g/mol. The number of alkyl halides is 1. The molecule has 4 heteroatoms. The zero-order chi connectivity index (χ0) is 19.6. The van der Waals surface area contributed by atoms with Crippen molar-refractivity contribution in [2.45, 2.75) is 19.3 Å². The lowest BCUT2D eigenvalue weighted by Crippen LogP contribution is -2.26. The Morgan fingerprint density at radius 1 is 1.15 bits per heavy atom. The molecular formula is C23H28ClN2O+. The van der Waals surface area contributed by atoms with E-state index in [1.54, 1.807) is 7.11 Å². The van der Waals surface area contributed by atoms with Crippen molar-refractivity contribution in [1.82, 2.24) is 0 Å². The zero-order valence-corrected chi connectivity index (χ0v) is 17.5. The Morgan fingerprint density at radius 3 is 2.56 bits per heavy atom. The third-order valence-corrected chi connectivity index (χ3v) is 5.61. The van der Waals surface area contributed by atoms with E-state index in [0.717, 1.165) is 23.5 Å². The van der Waals surface area contributed by atoms with Crippen LogP contribution in [-0.4, -0.2) is 43.9 Å². The van der Waals surface area contributed by atoms with Crippen molar-refractivity contribution in [2.75, 3.05) is 38.5 Å². The molecule has 1 aliphatic heterocycles. The van der Waals surface area contributed by atoms with Crippen molar-refractivity contribution < 1.29 is 9.31 Å². The molecule has 0 saturated heterocycles. The van der Waals surface area contributed by atoms with Crippen molar-refractivity contribution in [3.8, 4) is 5.75 Å². The van der Waals surface area contributed by atoms with Gasteiger partial charge in [-0.3, -0.25) is 0 Å². The van der Waals surface area contributed by atoms with Gasteiger partial charge in [-0.1, -0.05) is 18.2 Å². The van der Waals surface area contributed by atoms with E-state index in [9.17, 15) is 0 Å². The third kappa shape index (κ3) is 3.61. The highest BCUT2D eigenvalue weighted by Gasteiger charge is 2.42. The van der Waals surface area contributed by atoms with Crippen LogP contribution in [0.1, 0.15) is 25.0 Å². The van der Waals surface area contributed by atoms with Gasteiger partial charge in [0, 0.05) is 54.5 Å². The summed E-state index contributed by atoms with van der Waals surface area (Å²) >= 11 is 5.86. The normalized spacial score (nSPS) is 15.3. The van der Waals surface area contributed by atoms with Gasteiger partial charge in [-0.15, -0.1) is 11.6 Å². The number of para-hydroxylation sites is 1. The lowest BCUT2D eigenvalue weighted by Gasteiger charge is -2.19. The minimum Gasteiger partial charge on any atom is -0.496 e. The maximum Gasteiger partial charge on any atom is 0.209 e. The molecule has 0 N–H and O–H groups in total. The van der Waals surface area contributed by atoms with Crippen LogP contribution in [0.2, 0.25) is 0 Å². The summed E-state index contributed by atoms with van der Waals surface area (Å²) in [5, 5.41) is 0. The molecule has 0 aromatic heterocycles. The van der Waals surface area contributed by atoms with Gasteiger partial charge in [0.25, 0.3) is 0 Å². The number of halogens is 1. The topological polar surface area (TPSA) is 15.5 Å². The Hall–Kier alpha value is -2.26. The van der Waals surface area contributed by atoms with E-state index < -0.39 is 0 Å². The van der Waals surface area contributed by atoms with Crippen molar-refractivity contribution in [3.63, 3.8) is 0 Å². The summed E-state index contributed by atoms with van der Waals surface area (Å²) in [5.41, 5.74) is 6.03. The standard InChI is InChI=1S/C23H28ClN2O/c1-23(2)19-8-6-7-9-20(19)26(4)22(23)13-11-17-10-12-18(16-21(17)27-5)25(3)15-14-24/h6-13,16H,14-15H2,1-5H3/q+1. The van der Waals surface area contributed by atoms with E-state index in [1.165, 1.54) is 17.0 Å². The number of allylic oxidation sites excluding steroid dienone is 1. The van der Waals surface area contributed by atoms with Crippen molar-refractivity contribution in [2.24, 2.45) is 0 Å². The summed E-state index contributed by atoms with van der Waals surface area (Å²) in [7, 11) is 5.89. The van der Waals surface area contributed by atoms with Gasteiger partial charge in [0.05, 0.1) is 12.5 Å². The molecule has 0 unspecified atom stereocenters. The first-order chi connectivity index (χ1) is 12.9. The SMILES string of the molecule is COc1cc(N(C)CCCl)ccc1C=CC1=[N+](C)c2ccccc2C1(C)C. The van der Waals surface area contributed by atoms with Gasteiger partial charge in [-0.2, -0.15) is 4.58 Å². The zero-order valence-electron chi connectivity index (χ0n) is 16.8. The fourth-order valence-corrected chi connectivity index (χ4v) is 4.05. The lowest BCUT2D eigenvalue weighted by molar-refractivity contribution is -0.401. The van der Waals surface area contributed by atoms with Gasteiger partial charge >= 0.3 is 0 Å². The highest BCUT2D eigenvalue weighted by molar-refractivity contribution is 6.18. The molecule has 3 rings (SSSR count). The quantitative estimate of drug-likeness (QED) is 0.510. The Labute approximate surface area is 167 Å². The fourth-order valence-electron chi connectivity index (χ4n) is 3.80. The van der Waals surface area contributed by atoms with Gasteiger partial charge in [0.15, 0.2) is 5.71 Å². The van der Waals surface area contributed by atoms with Crippen LogP contribution in [-0.2, 0) is 5.41 Å². The van der Waals surface area contributed by atoms with E-state index in [2.05, 4.69) is 85.0 Å². The van der Waals surface area contributed by atoms with Crippen LogP contribution >= 0.6 is 11.6 Å². The summed E-state index contributed by atoms with van der Waals surface area (Å²) < 4.78 is 7.92. The molecule has 0 aliphatic carbocycles. The minimum absolute atomic E-state index is 0.0322. The molecule has 0 amide bonds. The number of benzene rings is 2. The molecule has 0 fully saturated rings. The van der Waals surface area contributed by atoms with Crippen LogP contribution in [0.4, 0.5) is 11.4 Å². The summed E-state index contributed by atoms with van der Waals surface area (Å²) in [6.07, 6.45) is 4.35. The van der Waals surface area contributed by atoms with Crippen LogP contribution in [0, 0.1) is 0 Å². The summed E-state index contributed by atoms with van der Waals surface area (Å²) in [6, 6.07) is 14.9. The molecule has 0 atom stereocenters. The first-order valence-corrected chi connectivity index (χ1v) is 9.77. The van der Waals surface area contributed by atoms with Crippen LogP contribution < -0.4 is 9.64 Å². The van der Waals surface area contributed by atoms with Crippen molar-refractivity contribution in [3.05, 3.63) is 59.7 Å². The predicted molar refractivity (Wildman–Crippen MR) is 116 cm³/mol. The van der Waals surface area contributed by atoms with E-state index in [1.807, 2.05) is 7.05 Å². The Balaban J connectivity index is 1.94. The molecule has 2 aromatic carbocycles. The smallest absolute Gasteiger partial charge is 0.209 e. The van der Waals surface area contributed by atoms with Gasteiger partial charge in [0.2, 0.25) is 5.69 Å². The molecule has 1 heterocycles. The maximum atomic E-state index is 5.86. The molecule has 0 spiro atoms. The fraction of sp³-hybridized carbons (Fsp3) is 0.348. The van der Waals surface area contributed by atoms with Crippen LogP contribution in [0.25, 0.3) is 6.08 Å². The molecular weight excluding hydrogens is 356 g/mol. The van der Waals surface area contributed by atoms with Crippen LogP contribution in [0.5, 0.6) is 5.75 Å². The molecule has 1 aliphatic rings. The highest BCUT2D eigenvalue weighted by Crippen LogP contribution is 2.39. The Kier molecular flexibility index (Phi) is 5.61. The van der Waals surface area contributed by atoms with Crippen molar-refractivity contribution in [1.29, 1.82) is 0 Å². The molecule has 2 aromatic rings. The average molecular weight is 384 g/mol. The van der Waals surface area contributed by atoms with Gasteiger partial charge in [-0.25, -0.2) is 0 Å². The summed E-state index contributed by atoms with van der Waals surface area (Å²) in [5.74, 6) is 1.46. The second-order valence-corrected chi connectivity index (χ2v) is 7.83. The molecule has 3 nitrogen and oxygen atoms in total. The molecule has 27 heavy (non-hydrogen) atoms. The average Bonchev–Trinajstić information content (AvgIpc) is 2.86. The number of hydrogen-bond acceptors (Lipinski definition) is 2. The predicted octanol–water partition coefficient (Wildman–Crippen LogP) is 5.09. The van der Waals surface area contributed by atoms with E-state index in [-0.39, 0.29) is 5.41 Å². The molecule has 0 radical (unpaired) electrons. The van der Waals surface area contributed by atoms with E-state index >= 15 is 0 Å². The van der Waals surface area contributed by atoms with Gasteiger partial charge in [0.1, 0.15) is 12.8 Å². The summed E-state index contributed by atoms with van der Waals surface area (Å²) in [4.78, 5) is 2.13. The largest absolute Gasteiger partial charge is 0.496 e. The lowest BCUT2D eigenvalue weighted by atomic mass is 9.81. The van der Waals surface area contributed by atoms with Crippen molar-refractivity contribution >= 4 is 34.8 Å². The number of rotatable bonds is 6. The summed E-state index contributed by atoms with van der Waals surface area (Å²) in [6.45, 7) is 5.35. The molecule has 142 valence electrons. The number of methoxy groups -OCH3 is 1. The Bertz CT molecular complexity index is 899. The Morgan fingerprint density at radius 2 is 1.89 bits per heavy atom. The minimum atomic E-state index is -0.0322. The highest BCUT2D eigenvalue weighted by atomic mass is 35.5. The second-order valence-electron chi connectivity index (χ2n) is 7.46. The maximum absolute atomic E-state index is 5.86. The van der Waals surface area contributed by atoms with E-state index in [0.29, 0.717) is 5.88 Å². The number of hydrogen-bond donors (Lipinski definition) is 0.